The largest absolute Gasteiger partial charge is 0.338 e. The van der Waals surface area contributed by atoms with Gasteiger partial charge in [0, 0.05) is 46.8 Å². The average Bonchev–Trinajstić information content (AvgIpc) is 3.43. The lowest BCUT2D eigenvalue weighted by Gasteiger charge is -2.15. The summed E-state index contributed by atoms with van der Waals surface area (Å²) in [7, 11) is 4.27. The van der Waals surface area contributed by atoms with E-state index < -0.39 is 0 Å². The van der Waals surface area contributed by atoms with Crippen molar-refractivity contribution < 1.29 is 9.49 Å². The highest BCUT2D eigenvalue weighted by Crippen LogP contribution is 2.46. The number of aryl methyl sites for hydroxylation is 1. The summed E-state index contributed by atoms with van der Waals surface area (Å²) < 4.78 is 2.30. The summed E-state index contributed by atoms with van der Waals surface area (Å²) in [5.74, 6) is 0. The number of allylic oxidation sites excluding steroid dienone is 1. The van der Waals surface area contributed by atoms with Crippen LogP contribution in [0, 0.1) is 10.1 Å². The number of para-hydroxylation sites is 2. The molecule has 1 aliphatic carbocycles. The zero-order valence-corrected chi connectivity index (χ0v) is 20.4. The van der Waals surface area contributed by atoms with Crippen LogP contribution in [-0.4, -0.2) is 12.0 Å². The number of hydrogen-bond donors (Lipinski definition) is 0. The van der Waals surface area contributed by atoms with Crippen LogP contribution in [0.1, 0.15) is 28.8 Å². The van der Waals surface area contributed by atoms with E-state index in [0.717, 1.165) is 18.4 Å². The van der Waals surface area contributed by atoms with Gasteiger partial charge in [0.25, 0.3) is 5.69 Å². The van der Waals surface area contributed by atoms with Crippen molar-refractivity contribution in [2.24, 2.45) is 7.05 Å². The molecule has 0 spiro atoms. The number of nitrogens with zero attached hydrogens (tertiary/aromatic N) is 3. The Kier molecular flexibility index (Phi) is 5.19. The van der Waals surface area contributed by atoms with E-state index in [-0.39, 0.29) is 10.6 Å². The molecular formula is C29H24N3O2S+. The van der Waals surface area contributed by atoms with Gasteiger partial charge in [-0.1, -0.05) is 36.0 Å². The highest BCUT2D eigenvalue weighted by atomic mass is 32.2. The topological polar surface area (TPSA) is 50.3 Å². The normalized spacial score (nSPS) is 16.8. The molecule has 0 amide bonds. The first-order valence-electron chi connectivity index (χ1n) is 11.6. The fraction of sp³-hybridized carbons (Fsp3) is 0.138. The Morgan fingerprint density at radius 1 is 0.971 bits per heavy atom. The molecule has 0 bridgehead atoms. The fourth-order valence-electron chi connectivity index (χ4n) is 5.22. The van der Waals surface area contributed by atoms with Crippen LogP contribution in [0.15, 0.2) is 82.7 Å². The van der Waals surface area contributed by atoms with Crippen LogP contribution in [0.2, 0.25) is 0 Å². The Hall–Kier alpha value is -3.90. The maximum absolute atomic E-state index is 11.0. The molecule has 1 aliphatic heterocycles. The van der Waals surface area contributed by atoms with Crippen LogP contribution >= 0.6 is 11.8 Å². The summed E-state index contributed by atoms with van der Waals surface area (Å²) in [5.41, 5.74) is 8.67. The van der Waals surface area contributed by atoms with E-state index in [1.807, 2.05) is 23.9 Å². The number of aromatic nitrogens is 1. The van der Waals surface area contributed by atoms with Crippen molar-refractivity contribution in [3.8, 4) is 0 Å². The number of rotatable bonds is 3. The van der Waals surface area contributed by atoms with Gasteiger partial charge in [0.05, 0.1) is 21.0 Å². The van der Waals surface area contributed by atoms with Gasteiger partial charge in [-0.05, 0) is 60.9 Å². The first-order valence-corrected chi connectivity index (χ1v) is 12.4. The first-order chi connectivity index (χ1) is 17.0. The van der Waals surface area contributed by atoms with Gasteiger partial charge >= 0.3 is 0 Å². The molecule has 6 rings (SSSR count). The monoisotopic (exact) mass is 478 g/mol. The van der Waals surface area contributed by atoms with Crippen LogP contribution < -0.4 is 9.47 Å². The van der Waals surface area contributed by atoms with E-state index in [1.165, 1.54) is 48.9 Å². The summed E-state index contributed by atoms with van der Waals surface area (Å²) >= 11 is 1.81. The highest BCUT2D eigenvalue weighted by molar-refractivity contribution is 8.03. The number of nitro groups is 1. The van der Waals surface area contributed by atoms with E-state index in [9.17, 15) is 10.1 Å². The van der Waals surface area contributed by atoms with Crippen molar-refractivity contribution in [3.05, 3.63) is 110 Å². The number of non-ortho nitro benzene ring substituents is 1. The summed E-state index contributed by atoms with van der Waals surface area (Å²) in [6.07, 6.45) is 6.43. The van der Waals surface area contributed by atoms with Crippen LogP contribution in [-0.2, 0) is 13.5 Å². The molecule has 1 aromatic heterocycles. The lowest BCUT2D eigenvalue weighted by Crippen LogP contribution is -2.34. The minimum absolute atomic E-state index is 0.114. The zero-order chi connectivity index (χ0) is 24.1. The summed E-state index contributed by atoms with van der Waals surface area (Å²) in [6.45, 7) is 0. The highest BCUT2D eigenvalue weighted by Gasteiger charge is 2.32. The van der Waals surface area contributed by atoms with Crippen LogP contribution in [0.5, 0.6) is 0 Å². The second kappa shape index (κ2) is 8.40. The fourth-order valence-corrected chi connectivity index (χ4v) is 6.31. The minimum atomic E-state index is -0.357. The molecule has 2 aliphatic rings. The first kappa shape index (κ1) is 21.6. The minimum Gasteiger partial charge on any atom is -0.338 e. The van der Waals surface area contributed by atoms with Crippen molar-refractivity contribution in [3.63, 3.8) is 0 Å². The molecule has 0 radical (unpaired) electrons. The van der Waals surface area contributed by atoms with Crippen LogP contribution in [0.25, 0.3) is 28.6 Å². The SMILES string of the molecule is CN1/C(=C/c2c3c([n+](C)c4ccccc24)/C(=C/c2ccc([N+](=O)[O-])cc2)CC3)Sc2ccccc21. The van der Waals surface area contributed by atoms with E-state index >= 15 is 0 Å². The van der Waals surface area contributed by atoms with E-state index in [1.54, 1.807) is 12.1 Å². The Bertz CT molecular complexity index is 1570. The van der Waals surface area contributed by atoms with Crippen LogP contribution in [0.3, 0.4) is 0 Å². The van der Waals surface area contributed by atoms with E-state index in [2.05, 4.69) is 84.2 Å². The maximum Gasteiger partial charge on any atom is 0.269 e. The zero-order valence-electron chi connectivity index (χ0n) is 19.6. The molecule has 35 heavy (non-hydrogen) atoms. The average molecular weight is 479 g/mol. The standard InChI is InChI=1S/C29H24N3O2S/c1-30-26-9-5-6-10-27(26)35-28(30)18-24-22-7-3-4-8-25(22)31(2)29-20(13-16-23(24)29)17-19-11-14-21(15-12-19)32(33)34/h3-12,14-15,17-18H,13,16H2,1-2H3/q+1/b20-17+. The number of anilines is 1. The second-order valence-corrected chi connectivity index (χ2v) is 10.0. The third-order valence-electron chi connectivity index (χ3n) is 6.93. The number of fused-ring (bicyclic) bond motifs is 3. The molecule has 0 saturated heterocycles. The summed E-state index contributed by atoms with van der Waals surface area (Å²) in [6, 6.07) is 23.9. The number of thioether (sulfide) groups is 1. The molecule has 6 heteroatoms. The molecule has 3 aromatic carbocycles. The van der Waals surface area contributed by atoms with Crippen molar-refractivity contribution in [2.45, 2.75) is 17.7 Å². The third-order valence-corrected chi connectivity index (χ3v) is 8.10. The number of nitro benzene ring substituents is 1. The van der Waals surface area contributed by atoms with Crippen molar-refractivity contribution in [1.29, 1.82) is 0 Å². The lowest BCUT2D eigenvalue weighted by atomic mass is 9.99. The maximum atomic E-state index is 11.0. The van der Waals surface area contributed by atoms with Gasteiger partial charge in [-0.25, -0.2) is 0 Å². The van der Waals surface area contributed by atoms with Gasteiger partial charge in [-0.15, -0.1) is 0 Å². The summed E-state index contributed by atoms with van der Waals surface area (Å²) in [5, 5.41) is 13.5. The molecule has 2 heterocycles. The lowest BCUT2D eigenvalue weighted by molar-refractivity contribution is -0.647. The van der Waals surface area contributed by atoms with Crippen molar-refractivity contribution in [1.82, 2.24) is 0 Å². The number of hydrogen-bond acceptors (Lipinski definition) is 4. The smallest absolute Gasteiger partial charge is 0.269 e. The van der Waals surface area contributed by atoms with E-state index in [0.29, 0.717) is 0 Å². The molecule has 5 nitrogen and oxygen atoms in total. The van der Waals surface area contributed by atoms with Gasteiger partial charge in [0.1, 0.15) is 7.05 Å². The van der Waals surface area contributed by atoms with Gasteiger partial charge in [0.15, 0.2) is 0 Å². The summed E-state index contributed by atoms with van der Waals surface area (Å²) in [4.78, 5) is 14.2. The molecular weight excluding hydrogens is 454 g/mol. The van der Waals surface area contributed by atoms with Crippen molar-refractivity contribution in [2.75, 3.05) is 11.9 Å². The molecule has 0 fully saturated rings. The quantitative estimate of drug-likeness (QED) is 0.189. The second-order valence-electron chi connectivity index (χ2n) is 8.95. The van der Waals surface area contributed by atoms with E-state index in [4.69, 9.17) is 0 Å². The van der Waals surface area contributed by atoms with Gasteiger partial charge in [0.2, 0.25) is 11.2 Å². The Labute approximate surface area is 208 Å². The molecule has 0 atom stereocenters. The predicted molar refractivity (Wildman–Crippen MR) is 143 cm³/mol. The molecule has 0 unspecified atom stereocenters. The molecule has 4 aromatic rings. The number of benzene rings is 3. The van der Waals surface area contributed by atoms with Gasteiger partial charge in [-0.3, -0.25) is 10.1 Å². The number of pyridine rings is 1. The van der Waals surface area contributed by atoms with Crippen molar-refractivity contribution >= 4 is 51.8 Å². The molecule has 0 saturated carbocycles. The van der Waals surface area contributed by atoms with Gasteiger partial charge in [-0.2, -0.15) is 4.57 Å². The predicted octanol–water partition coefficient (Wildman–Crippen LogP) is 6.60. The Morgan fingerprint density at radius 3 is 2.49 bits per heavy atom. The molecule has 0 N–H and O–H groups in total. The van der Waals surface area contributed by atoms with Gasteiger partial charge < -0.3 is 4.90 Å². The van der Waals surface area contributed by atoms with Crippen LogP contribution in [0.4, 0.5) is 11.4 Å². The molecule has 172 valence electrons. The Balaban J connectivity index is 1.51. The third kappa shape index (κ3) is 3.61. The Morgan fingerprint density at radius 2 is 1.71 bits per heavy atom.